The molecule has 0 aromatic heterocycles. The Hall–Kier alpha value is -2.15. The molecule has 7 heteroatoms. The van der Waals surface area contributed by atoms with Crippen LogP contribution < -0.4 is 4.48 Å². The number of alkyl halides is 3. The van der Waals surface area contributed by atoms with Crippen molar-refractivity contribution in [2.75, 3.05) is 6.54 Å². The Morgan fingerprint density at radius 3 is 2.36 bits per heavy atom. The lowest BCUT2D eigenvalue weighted by molar-refractivity contribution is -0.137. The van der Waals surface area contributed by atoms with Crippen LogP contribution in [0.25, 0.3) is 0 Å². The number of hydrogen-bond donors (Lipinski definition) is 1. The average molecular weight is 314 g/mol. The molecule has 1 aliphatic heterocycles. The van der Waals surface area contributed by atoms with Crippen LogP contribution in [-0.2, 0) is 6.18 Å². The summed E-state index contributed by atoms with van der Waals surface area (Å²) in [4.78, 5) is 24.0. The van der Waals surface area contributed by atoms with Crippen LogP contribution in [0.4, 0.5) is 23.7 Å². The molecule has 1 aliphatic rings. The highest BCUT2D eigenvalue weighted by Gasteiger charge is 2.45. The average Bonchev–Trinajstić information content (AvgIpc) is 2.46. The molecule has 2 rings (SSSR count). The first-order valence-corrected chi connectivity index (χ1v) is 6.76. The third kappa shape index (κ3) is 2.31. The van der Waals surface area contributed by atoms with Gasteiger partial charge in [-0.3, -0.25) is 4.79 Å². The maximum atomic E-state index is 12.8. The number of carbonyl (C=O) groups is 2. The molecule has 1 N–H and O–H groups in total. The predicted octanol–water partition coefficient (Wildman–Crippen LogP) is 4.20. The molecule has 1 aromatic carbocycles. The van der Waals surface area contributed by atoms with Crippen molar-refractivity contribution in [1.82, 2.24) is 4.48 Å². The van der Waals surface area contributed by atoms with Gasteiger partial charge < -0.3 is 5.11 Å². The van der Waals surface area contributed by atoms with Crippen LogP contribution in [0.3, 0.4) is 0 Å². The predicted molar refractivity (Wildman–Crippen MR) is 74.5 cm³/mol. The number of halogens is 3. The summed E-state index contributed by atoms with van der Waals surface area (Å²) in [5.41, 5.74) is -0.892. The highest BCUT2D eigenvalue weighted by atomic mass is 19.4. The number of quaternary nitrogens is 1. The van der Waals surface area contributed by atoms with E-state index in [-0.39, 0.29) is 29.8 Å². The maximum Gasteiger partial charge on any atom is 0.523 e. The fourth-order valence-electron chi connectivity index (χ4n) is 2.62. The van der Waals surface area contributed by atoms with Crippen molar-refractivity contribution in [3.8, 4) is 0 Å². The van der Waals surface area contributed by atoms with Crippen molar-refractivity contribution in [3.63, 3.8) is 0 Å². The fourth-order valence-corrected chi connectivity index (χ4v) is 2.62. The van der Waals surface area contributed by atoms with E-state index in [2.05, 4.69) is 0 Å². The third-order valence-electron chi connectivity index (χ3n) is 3.89. The highest BCUT2D eigenvalue weighted by molar-refractivity contribution is 6.15. The van der Waals surface area contributed by atoms with E-state index in [0.717, 1.165) is 18.2 Å². The van der Waals surface area contributed by atoms with E-state index >= 15 is 0 Å². The van der Waals surface area contributed by atoms with Crippen molar-refractivity contribution >= 4 is 17.6 Å². The second-order valence-corrected chi connectivity index (χ2v) is 5.03. The Kier molecular flexibility index (Phi) is 3.87. The van der Waals surface area contributed by atoms with Crippen molar-refractivity contribution in [3.05, 3.63) is 41.1 Å². The largest absolute Gasteiger partial charge is 0.523 e. The molecule has 1 heterocycles. The summed E-state index contributed by atoms with van der Waals surface area (Å²) in [7, 11) is 0. The fraction of sp³-hybridized carbons (Fsp3) is 0.333. The number of benzene rings is 1. The number of hydrogen-bond acceptors (Lipinski definition) is 2. The minimum absolute atomic E-state index is 0.0604. The zero-order valence-corrected chi connectivity index (χ0v) is 12.1. The summed E-state index contributed by atoms with van der Waals surface area (Å²) < 4.78 is 37.9. The number of amides is 1. The molecule has 1 amide bonds. The van der Waals surface area contributed by atoms with Crippen LogP contribution in [0.2, 0.25) is 0 Å². The van der Waals surface area contributed by atoms with Crippen LogP contribution in [-0.4, -0.2) is 23.5 Å². The van der Waals surface area contributed by atoms with Crippen LogP contribution in [0.5, 0.6) is 0 Å². The molecule has 1 unspecified atom stereocenters. The first-order valence-electron chi connectivity index (χ1n) is 6.76. The van der Waals surface area contributed by atoms with Crippen LogP contribution in [0, 0.1) is 0 Å². The number of carboxylic acid groups (broad SMARTS) is 1. The Morgan fingerprint density at radius 1 is 1.27 bits per heavy atom. The van der Waals surface area contributed by atoms with Gasteiger partial charge in [-0.05, 0) is 25.5 Å². The summed E-state index contributed by atoms with van der Waals surface area (Å²) in [5.74, 6) is -0.549. The number of nitrogens with zero attached hydrogens (tertiary/aromatic N) is 1. The van der Waals surface area contributed by atoms with Gasteiger partial charge in [-0.15, -0.1) is 0 Å². The first kappa shape index (κ1) is 16.2. The normalized spacial score (nSPS) is 21.3. The molecule has 22 heavy (non-hydrogen) atoms. The lowest BCUT2D eigenvalue weighted by Gasteiger charge is -2.32. The van der Waals surface area contributed by atoms with Crippen molar-refractivity contribution in [2.24, 2.45) is 0 Å². The smallest absolute Gasteiger partial charge is 0.435 e. The van der Waals surface area contributed by atoms with Gasteiger partial charge in [0.25, 0.3) is 0 Å². The molecule has 0 spiro atoms. The number of carbonyl (C=O) groups excluding carboxylic acids is 1. The molecule has 4 nitrogen and oxygen atoms in total. The van der Waals surface area contributed by atoms with Gasteiger partial charge in [-0.25, -0.2) is 0 Å². The minimum atomic E-state index is -4.59. The molecular weight excluding hydrogens is 299 g/mol. The molecular formula is C15H15F3NO3+. The van der Waals surface area contributed by atoms with Crippen LogP contribution in [0.1, 0.15) is 36.2 Å². The van der Waals surface area contributed by atoms with Gasteiger partial charge >= 0.3 is 12.3 Å². The number of Topliss-reactive ketones (excluding diaryl/α,β-unsaturated/α-hetero) is 1. The quantitative estimate of drug-likeness (QED) is 0.832. The molecule has 0 aliphatic carbocycles. The van der Waals surface area contributed by atoms with Gasteiger partial charge in [-0.1, -0.05) is 6.92 Å². The molecule has 118 valence electrons. The van der Waals surface area contributed by atoms with E-state index in [1.54, 1.807) is 13.8 Å². The van der Waals surface area contributed by atoms with E-state index in [0.29, 0.717) is 0 Å². The molecule has 1 atom stereocenters. The molecule has 1 aromatic rings. The number of fused-ring (bicyclic) bond motifs is 1. The SMILES string of the molecule is CCC1=C[N+](CC)(C(=O)O)c2ccc(C(F)(F)F)cc2C1=O. The standard InChI is InChI=1S/C15H14F3NO3/c1-3-9-8-19(4-2,14(21)22)12-6-5-10(15(16,17)18)7-11(12)13(9)20/h5-8H,3-4H2,1-2H3/p+1. The van der Waals surface area contributed by atoms with Gasteiger partial charge in [0.2, 0.25) is 0 Å². The van der Waals surface area contributed by atoms with Crippen molar-refractivity contribution in [1.29, 1.82) is 0 Å². The van der Waals surface area contributed by atoms with Gasteiger partial charge in [0.05, 0.1) is 23.2 Å². The van der Waals surface area contributed by atoms with Gasteiger partial charge in [0, 0.05) is 6.07 Å². The topological polar surface area (TPSA) is 54.4 Å². The summed E-state index contributed by atoms with van der Waals surface area (Å²) in [6, 6.07) is 2.63. The number of rotatable bonds is 2. The first-order chi connectivity index (χ1) is 10.2. The summed E-state index contributed by atoms with van der Waals surface area (Å²) in [5, 5.41) is 9.56. The molecule has 0 saturated carbocycles. The van der Waals surface area contributed by atoms with E-state index in [9.17, 15) is 27.9 Å². The van der Waals surface area contributed by atoms with Crippen LogP contribution in [0.15, 0.2) is 30.0 Å². The Bertz CT molecular complexity index is 679. The summed E-state index contributed by atoms with van der Waals surface area (Å²) in [6.45, 7) is 3.36. The van der Waals surface area contributed by atoms with Gasteiger partial charge in [0.1, 0.15) is 6.20 Å². The molecule has 0 fully saturated rings. The zero-order valence-electron chi connectivity index (χ0n) is 12.1. The van der Waals surface area contributed by atoms with E-state index in [1.807, 2.05) is 0 Å². The zero-order chi connectivity index (χ0) is 16.7. The summed E-state index contributed by atoms with van der Waals surface area (Å²) >= 11 is 0. The highest BCUT2D eigenvalue weighted by Crippen LogP contribution is 2.40. The monoisotopic (exact) mass is 314 g/mol. The van der Waals surface area contributed by atoms with E-state index < -0.39 is 28.1 Å². The van der Waals surface area contributed by atoms with E-state index in [1.165, 1.54) is 6.20 Å². The van der Waals surface area contributed by atoms with Crippen LogP contribution >= 0.6 is 0 Å². The maximum absolute atomic E-state index is 12.8. The van der Waals surface area contributed by atoms with Crippen molar-refractivity contribution in [2.45, 2.75) is 26.4 Å². The third-order valence-corrected chi connectivity index (χ3v) is 3.89. The molecule has 0 saturated heterocycles. The second kappa shape index (κ2) is 5.24. The minimum Gasteiger partial charge on any atom is -0.435 e. The number of ketones is 1. The lowest BCUT2D eigenvalue weighted by Crippen LogP contribution is -2.51. The Labute approximate surface area is 125 Å². The molecule has 0 radical (unpaired) electrons. The van der Waals surface area contributed by atoms with Gasteiger partial charge in [-0.2, -0.15) is 22.4 Å². The van der Waals surface area contributed by atoms with Crippen molar-refractivity contribution < 1.29 is 27.9 Å². The van der Waals surface area contributed by atoms with E-state index in [4.69, 9.17) is 0 Å². The Balaban J connectivity index is 2.77. The molecule has 0 bridgehead atoms. The Morgan fingerprint density at radius 2 is 1.91 bits per heavy atom. The lowest BCUT2D eigenvalue weighted by atomic mass is 9.93. The number of allylic oxidation sites excluding steroid dienone is 1. The summed E-state index contributed by atoms with van der Waals surface area (Å²) in [6.07, 6.45) is -4.25. The second-order valence-electron chi connectivity index (χ2n) is 5.03. The van der Waals surface area contributed by atoms with Gasteiger partial charge in [0.15, 0.2) is 11.5 Å².